The summed E-state index contributed by atoms with van der Waals surface area (Å²) in [6.07, 6.45) is 5.33. The van der Waals surface area contributed by atoms with E-state index in [0.717, 1.165) is 30.4 Å². The Labute approximate surface area is 202 Å². The summed E-state index contributed by atoms with van der Waals surface area (Å²) in [5.41, 5.74) is 5.32. The van der Waals surface area contributed by atoms with Crippen LogP contribution in [0.1, 0.15) is 54.5 Å². The number of hydrogen-bond donors (Lipinski definition) is 1. The molecule has 1 atom stereocenters. The van der Waals surface area contributed by atoms with Crippen LogP contribution in [0.2, 0.25) is 0 Å². The molecule has 0 saturated carbocycles. The summed E-state index contributed by atoms with van der Waals surface area (Å²) >= 11 is 0. The fourth-order valence-electron chi connectivity index (χ4n) is 4.51. The number of amides is 1. The Balaban J connectivity index is 1.58. The molecule has 4 rings (SSSR count). The fraction of sp³-hybridized carbons (Fsp3) is 0.321. The zero-order chi connectivity index (χ0) is 24.1. The molecule has 34 heavy (non-hydrogen) atoms. The van der Waals surface area contributed by atoms with Crippen LogP contribution >= 0.6 is 0 Å². The minimum Gasteiger partial charge on any atom is -0.348 e. The van der Waals surface area contributed by atoms with Crippen LogP contribution in [0.3, 0.4) is 0 Å². The minimum atomic E-state index is -3.91. The molecule has 1 amide bonds. The van der Waals surface area contributed by atoms with Crippen molar-refractivity contribution in [3.8, 4) is 0 Å². The predicted molar refractivity (Wildman–Crippen MR) is 136 cm³/mol. The number of anilines is 1. The van der Waals surface area contributed by atoms with Crippen molar-refractivity contribution in [3.05, 3.63) is 95.1 Å². The summed E-state index contributed by atoms with van der Waals surface area (Å²) in [6, 6.07) is 21.7. The van der Waals surface area contributed by atoms with Gasteiger partial charge in [-0.25, -0.2) is 8.42 Å². The van der Waals surface area contributed by atoms with E-state index in [1.807, 2.05) is 26.0 Å². The van der Waals surface area contributed by atoms with Gasteiger partial charge in [-0.1, -0.05) is 61.0 Å². The van der Waals surface area contributed by atoms with Gasteiger partial charge in [0, 0.05) is 0 Å². The molecule has 1 aliphatic carbocycles. The van der Waals surface area contributed by atoms with E-state index in [1.165, 1.54) is 28.3 Å². The Kier molecular flexibility index (Phi) is 7.37. The number of fused-ring (bicyclic) bond motifs is 1. The van der Waals surface area contributed by atoms with Gasteiger partial charge in [0.25, 0.3) is 10.0 Å². The molecule has 1 aliphatic rings. The number of nitrogens with one attached hydrogen (secondary N) is 1. The molecule has 0 spiro atoms. The summed E-state index contributed by atoms with van der Waals surface area (Å²) in [5.74, 6) is -0.329. The molecule has 0 heterocycles. The first-order valence-electron chi connectivity index (χ1n) is 11.9. The van der Waals surface area contributed by atoms with Crippen molar-refractivity contribution in [3.63, 3.8) is 0 Å². The standard InChI is InChI=1S/C28H32N2O3S/c1-3-27(24-16-15-22-9-7-8-10-23(22)19-24)29-28(31)20-30(25-17-13-21(2)14-18-25)34(32,33)26-11-5-4-6-12-26/h4-6,11-19,27H,3,7-10,20H2,1-2H3,(H,29,31)/t27-/m1/s1. The van der Waals surface area contributed by atoms with Gasteiger partial charge in [0.05, 0.1) is 16.6 Å². The Morgan fingerprint density at radius 3 is 2.29 bits per heavy atom. The number of hydrogen-bond acceptors (Lipinski definition) is 3. The first-order chi connectivity index (χ1) is 16.4. The molecule has 0 aromatic heterocycles. The van der Waals surface area contributed by atoms with Crippen molar-refractivity contribution < 1.29 is 13.2 Å². The third kappa shape index (κ3) is 5.33. The minimum absolute atomic E-state index is 0.158. The molecular weight excluding hydrogens is 444 g/mol. The SMILES string of the molecule is CC[C@@H](NC(=O)CN(c1ccc(C)cc1)S(=O)(=O)c1ccccc1)c1ccc2c(c1)CCCC2. The van der Waals surface area contributed by atoms with E-state index >= 15 is 0 Å². The lowest BCUT2D eigenvalue weighted by atomic mass is 9.89. The first kappa shape index (κ1) is 24.0. The first-order valence-corrected chi connectivity index (χ1v) is 13.4. The average Bonchev–Trinajstić information content (AvgIpc) is 2.86. The van der Waals surface area contributed by atoms with E-state index in [-0.39, 0.29) is 23.4 Å². The number of benzene rings is 3. The number of nitrogens with zero attached hydrogens (tertiary/aromatic N) is 1. The van der Waals surface area contributed by atoms with Gasteiger partial charge in [-0.2, -0.15) is 0 Å². The Bertz CT molecular complexity index is 1240. The van der Waals surface area contributed by atoms with Gasteiger partial charge in [0.1, 0.15) is 6.54 Å². The number of carbonyl (C=O) groups is 1. The van der Waals surface area contributed by atoms with E-state index in [9.17, 15) is 13.2 Å². The quantitative estimate of drug-likeness (QED) is 0.477. The lowest BCUT2D eigenvalue weighted by molar-refractivity contribution is -0.120. The summed E-state index contributed by atoms with van der Waals surface area (Å²) in [6.45, 7) is 3.68. The van der Waals surface area contributed by atoms with Gasteiger partial charge in [-0.15, -0.1) is 0 Å². The number of sulfonamides is 1. The third-order valence-corrected chi connectivity index (χ3v) is 8.25. The normalized spacial score (nSPS) is 14.2. The van der Waals surface area contributed by atoms with E-state index in [4.69, 9.17) is 0 Å². The van der Waals surface area contributed by atoms with Crippen molar-refractivity contribution in [2.24, 2.45) is 0 Å². The van der Waals surface area contributed by atoms with Crippen molar-refractivity contribution in [1.82, 2.24) is 5.32 Å². The number of aryl methyl sites for hydroxylation is 3. The zero-order valence-electron chi connectivity index (χ0n) is 19.8. The molecule has 0 aliphatic heterocycles. The topological polar surface area (TPSA) is 66.5 Å². The largest absolute Gasteiger partial charge is 0.348 e. The monoisotopic (exact) mass is 476 g/mol. The molecule has 5 nitrogen and oxygen atoms in total. The van der Waals surface area contributed by atoms with E-state index in [2.05, 4.69) is 23.5 Å². The van der Waals surface area contributed by atoms with Gasteiger partial charge in [0.15, 0.2) is 0 Å². The lowest BCUT2D eigenvalue weighted by Gasteiger charge is -2.26. The summed E-state index contributed by atoms with van der Waals surface area (Å²) in [7, 11) is -3.91. The van der Waals surface area contributed by atoms with Crippen LogP contribution in [0.15, 0.2) is 77.7 Å². The predicted octanol–water partition coefficient (Wildman–Crippen LogP) is 5.34. The van der Waals surface area contributed by atoms with Crippen molar-refractivity contribution >= 4 is 21.6 Å². The summed E-state index contributed by atoms with van der Waals surface area (Å²) in [5, 5.41) is 3.08. The Morgan fingerprint density at radius 2 is 1.62 bits per heavy atom. The van der Waals surface area contributed by atoms with Crippen LogP contribution in [-0.4, -0.2) is 20.9 Å². The van der Waals surface area contributed by atoms with Crippen LogP contribution in [0.25, 0.3) is 0 Å². The highest BCUT2D eigenvalue weighted by Crippen LogP contribution is 2.27. The molecule has 0 radical (unpaired) electrons. The zero-order valence-corrected chi connectivity index (χ0v) is 20.6. The molecule has 0 fully saturated rings. The Hall–Kier alpha value is -3.12. The lowest BCUT2D eigenvalue weighted by Crippen LogP contribution is -2.42. The van der Waals surface area contributed by atoms with Crippen LogP contribution < -0.4 is 9.62 Å². The highest BCUT2D eigenvalue weighted by molar-refractivity contribution is 7.92. The second-order valence-corrected chi connectivity index (χ2v) is 10.8. The van der Waals surface area contributed by atoms with Gasteiger partial charge in [-0.05, 0) is 80.0 Å². The molecule has 3 aromatic carbocycles. The highest BCUT2D eigenvalue weighted by atomic mass is 32.2. The van der Waals surface area contributed by atoms with Gasteiger partial charge >= 0.3 is 0 Å². The smallest absolute Gasteiger partial charge is 0.264 e. The van der Waals surface area contributed by atoms with Gasteiger partial charge in [0.2, 0.25) is 5.91 Å². The van der Waals surface area contributed by atoms with Gasteiger partial charge < -0.3 is 5.32 Å². The third-order valence-electron chi connectivity index (χ3n) is 6.46. The molecule has 3 aromatic rings. The molecule has 0 bridgehead atoms. The molecule has 0 unspecified atom stereocenters. The molecule has 6 heteroatoms. The molecule has 178 valence electrons. The summed E-state index contributed by atoms with van der Waals surface area (Å²) in [4.78, 5) is 13.3. The van der Waals surface area contributed by atoms with Crippen molar-refractivity contribution in [2.75, 3.05) is 10.8 Å². The number of rotatable bonds is 8. The second kappa shape index (κ2) is 10.4. The maximum absolute atomic E-state index is 13.5. The maximum Gasteiger partial charge on any atom is 0.264 e. The molecular formula is C28H32N2O3S. The van der Waals surface area contributed by atoms with Crippen molar-refractivity contribution in [1.29, 1.82) is 0 Å². The van der Waals surface area contributed by atoms with Crippen LogP contribution in [0, 0.1) is 6.92 Å². The molecule has 1 N–H and O–H groups in total. The van der Waals surface area contributed by atoms with Crippen molar-refractivity contribution in [2.45, 2.75) is 56.9 Å². The van der Waals surface area contributed by atoms with E-state index in [1.54, 1.807) is 42.5 Å². The average molecular weight is 477 g/mol. The van der Waals surface area contributed by atoms with E-state index < -0.39 is 10.0 Å². The second-order valence-electron chi connectivity index (χ2n) is 8.92. The molecule has 0 saturated heterocycles. The van der Waals surface area contributed by atoms with Crippen LogP contribution in [-0.2, 0) is 27.7 Å². The highest BCUT2D eigenvalue weighted by Gasteiger charge is 2.28. The Morgan fingerprint density at radius 1 is 0.941 bits per heavy atom. The van der Waals surface area contributed by atoms with Crippen LogP contribution in [0.4, 0.5) is 5.69 Å². The number of carbonyl (C=O) groups excluding carboxylic acids is 1. The van der Waals surface area contributed by atoms with E-state index in [0.29, 0.717) is 5.69 Å². The fourth-order valence-corrected chi connectivity index (χ4v) is 5.95. The summed E-state index contributed by atoms with van der Waals surface area (Å²) < 4.78 is 28.2. The van der Waals surface area contributed by atoms with Gasteiger partial charge in [-0.3, -0.25) is 9.10 Å². The van der Waals surface area contributed by atoms with Crippen LogP contribution in [0.5, 0.6) is 0 Å². The maximum atomic E-state index is 13.5.